The summed E-state index contributed by atoms with van der Waals surface area (Å²) in [7, 11) is 0. The van der Waals surface area contributed by atoms with Gasteiger partial charge in [-0.3, -0.25) is 9.69 Å². The second kappa shape index (κ2) is 5.43. The molecule has 1 aliphatic rings. The van der Waals surface area contributed by atoms with E-state index in [1.54, 1.807) is 0 Å². The zero-order valence-corrected chi connectivity index (χ0v) is 11.2. The second-order valence-corrected chi connectivity index (χ2v) is 5.19. The fraction of sp³-hybridized carbons (Fsp3) is 0.400. The number of hydrogen-bond donors (Lipinski definition) is 1. The average Bonchev–Trinajstić information content (AvgIpc) is 2.49. The van der Waals surface area contributed by atoms with E-state index < -0.39 is 0 Å². The third kappa shape index (κ3) is 2.30. The van der Waals surface area contributed by atoms with Crippen LogP contribution in [0.15, 0.2) is 29.1 Å². The lowest BCUT2D eigenvalue weighted by atomic mass is 9.91. The molecule has 5 heteroatoms. The van der Waals surface area contributed by atoms with E-state index in [-0.39, 0.29) is 5.56 Å². The first-order valence-corrected chi connectivity index (χ1v) is 6.86. The molecule has 102 valence electrons. The summed E-state index contributed by atoms with van der Waals surface area (Å²) in [5, 5.41) is 17.3. The number of piperidine rings is 1. The molecule has 0 radical (unpaired) electrons. The highest BCUT2D eigenvalue weighted by molar-refractivity contribution is 5.83. The number of rotatable bonds is 2. The lowest BCUT2D eigenvalue weighted by Crippen LogP contribution is -2.33. The molecule has 0 atom stereocenters. The first-order valence-electron chi connectivity index (χ1n) is 6.86. The zero-order chi connectivity index (χ0) is 13.9. The summed E-state index contributed by atoms with van der Waals surface area (Å²) in [5.74, 6) is 0.353. The molecule has 2 heterocycles. The minimum atomic E-state index is -0.133. The van der Waals surface area contributed by atoms with E-state index >= 15 is 0 Å². The van der Waals surface area contributed by atoms with Crippen molar-refractivity contribution in [3.8, 4) is 6.07 Å². The smallest absolute Gasteiger partial charge is 0.272 e. The molecule has 1 aromatic carbocycles. The van der Waals surface area contributed by atoms with Crippen LogP contribution in [0.5, 0.6) is 0 Å². The summed E-state index contributed by atoms with van der Waals surface area (Å²) in [6, 6.07) is 9.81. The number of fused-ring (bicyclic) bond motifs is 1. The Bertz CT molecular complexity index is 708. The Morgan fingerprint density at radius 2 is 2.00 bits per heavy atom. The maximum absolute atomic E-state index is 11.8. The Kier molecular flexibility index (Phi) is 3.48. The van der Waals surface area contributed by atoms with Crippen molar-refractivity contribution in [2.75, 3.05) is 19.6 Å². The summed E-state index contributed by atoms with van der Waals surface area (Å²) < 4.78 is 0. The molecular weight excluding hydrogens is 252 g/mol. The van der Waals surface area contributed by atoms with Gasteiger partial charge in [0.1, 0.15) is 0 Å². The van der Waals surface area contributed by atoms with Gasteiger partial charge in [0.25, 0.3) is 5.56 Å². The lowest BCUT2D eigenvalue weighted by Gasteiger charge is -2.30. The summed E-state index contributed by atoms with van der Waals surface area (Å²) in [6.07, 6.45) is 1.95. The van der Waals surface area contributed by atoms with Gasteiger partial charge in [0.2, 0.25) is 0 Å². The van der Waals surface area contributed by atoms with Crippen LogP contribution in [-0.4, -0.2) is 34.7 Å². The number of aromatic nitrogens is 2. The quantitative estimate of drug-likeness (QED) is 0.840. The van der Waals surface area contributed by atoms with Crippen LogP contribution in [0.4, 0.5) is 0 Å². The Morgan fingerprint density at radius 3 is 2.70 bits per heavy atom. The summed E-state index contributed by atoms with van der Waals surface area (Å²) in [4.78, 5) is 13.9. The van der Waals surface area contributed by atoms with Crippen molar-refractivity contribution in [3.63, 3.8) is 0 Å². The van der Waals surface area contributed by atoms with E-state index in [1.807, 2.05) is 24.3 Å². The van der Waals surface area contributed by atoms with Crippen LogP contribution in [0, 0.1) is 11.3 Å². The number of benzene rings is 1. The predicted octanol–water partition coefficient (Wildman–Crippen LogP) is 1.63. The number of likely N-dealkylation sites (tertiary alicyclic amines) is 1. The monoisotopic (exact) mass is 268 g/mol. The molecule has 1 aromatic heterocycles. The summed E-state index contributed by atoms with van der Waals surface area (Å²) in [5.41, 5.74) is 0.850. The molecular formula is C15H16N4O. The number of aromatic amines is 1. The number of nitrogens with zero attached hydrogens (tertiary/aromatic N) is 3. The van der Waals surface area contributed by atoms with Crippen molar-refractivity contribution in [3.05, 3.63) is 40.3 Å². The molecule has 1 fully saturated rings. The molecule has 1 aliphatic heterocycles. The van der Waals surface area contributed by atoms with Gasteiger partial charge in [0, 0.05) is 11.3 Å². The van der Waals surface area contributed by atoms with Crippen LogP contribution < -0.4 is 5.56 Å². The van der Waals surface area contributed by atoms with Gasteiger partial charge < -0.3 is 0 Å². The van der Waals surface area contributed by atoms with E-state index in [1.165, 1.54) is 0 Å². The predicted molar refractivity (Wildman–Crippen MR) is 76.4 cm³/mol. The second-order valence-electron chi connectivity index (χ2n) is 5.19. The Balaban J connectivity index is 1.91. The molecule has 0 aliphatic carbocycles. The highest BCUT2D eigenvalue weighted by atomic mass is 16.1. The van der Waals surface area contributed by atoms with Crippen LogP contribution >= 0.6 is 0 Å². The first kappa shape index (κ1) is 12.8. The normalized spacial score (nSPS) is 17.1. The van der Waals surface area contributed by atoms with E-state index in [0.29, 0.717) is 17.8 Å². The van der Waals surface area contributed by atoms with E-state index in [2.05, 4.69) is 21.2 Å². The molecule has 20 heavy (non-hydrogen) atoms. The van der Waals surface area contributed by atoms with Crippen LogP contribution in [-0.2, 0) is 0 Å². The van der Waals surface area contributed by atoms with Gasteiger partial charge in [0.15, 0.2) is 0 Å². The SMILES string of the molecule is N#CCN1CCC(c2n[nH]c(=O)c3ccccc23)CC1. The molecule has 0 unspecified atom stereocenters. The molecule has 0 bridgehead atoms. The standard InChI is InChI=1S/C15H16N4O/c16-7-10-19-8-5-11(6-9-19)14-12-3-1-2-4-13(12)15(20)18-17-14/h1-4,11H,5-6,8-10H2,(H,18,20). The largest absolute Gasteiger partial charge is 0.291 e. The lowest BCUT2D eigenvalue weighted by molar-refractivity contribution is 0.233. The van der Waals surface area contributed by atoms with Crippen LogP contribution in [0.2, 0.25) is 0 Å². The Hall–Kier alpha value is -2.19. The van der Waals surface area contributed by atoms with Crippen molar-refractivity contribution in [2.45, 2.75) is 18.8 Å². The highest BCUT2D eigenvalue weighted by Gasteiger charge is 2.23. The number of nitriles is 1. The van der Waals surface area contributed by atoms with Gasteiger partial charge >= 0.3 is 0 Å². The van der Waals surface area contributed by atoms with Crippen molar-refractivity contribution < 1.29 is 0 Å². The minimum Gasteiger partial charge on any atom is -0.291 e. The number of H-pyrrole nitrogens is 1. The third-order valence-corrected chi connectivity index (χ3v) is 3.99. The van der Waals surface area contributed by atoms with Crippen LogP contribution in [0.3, 0.4) is 0 Å². The number of hydrogen-bond acceptors (Lipinski definition) is 4. The number of nitrogens with one attached hydrogen (secondary N) is 1. The van der Waals surface area contributed by atoms with Gasteiger partial charge in [-0.15, -0.1) is 0 Å². The third-order valence-electron chi connectivity index (χ3n) is 3.99. The minimum absolute atomic E-state index is 0.133. The summed E-state index contributed by atoms with van der Waals surface area (Å²) in [6.45, 7) is 2.31. The zero-order valence-electron chi connectivity index (χ0n) is 11.2. The molecule has 1 N–H and O–H groups in total. The molecule has 3 rings (SSSR count). The van der Waals surface area contributed by atoms with Crippen molar-refractivity contribution in [1.82, 2.24) is 15.1 Å². The van der Waals surface area contributed by atoms with Crippen LogP contribution in [0.25, 0.3) is 10.8 Å². The molecule has 0 saturated carbocycles. The maximum Gasteiger partial charge on any atom is 0.272 e. The van der Waals surface area contributed by atoms with E-state index in [0.717, 1.165) is 37.0 Å². The Labute approximate surface area is 116 Å². The molecule has 0 amide bonds. The molecule has 5 nitrogen and oxygen atoms in total. The highest BCUT2D eigenvalue weighted by Crippen LogP contribution is 2.29. The van der Waals surface area contributed by atoms with Gasteiger partial charge in [-0.2, -0.15) is 10.4 Å². The van der Waals surface area contributed by atoms with Crippen molar-refractivity contribution in [1.29, 1.82) is 5.26 Å². The average molecular weight is 268 g/mol. The molecule has 1 saturated heterocycles. The van der Waals surface area contributed by atoms with Gasteiger partial charge in [0.05, 0.1) is 23.7 Å². The topological polar surface area (TPSA) is 72.8 Å². The van der Waals surface area contributed by atoms with Gasteiger partial charge in [-0.1, -0.05) is 18.2 Å². The van der Waals surface area contributed by atoms with Gasteiger partial charge in [-0.25, -0.2) is 5.10 Å². The maximum atomic E-state index is 11.8. The summed E-state index contributed by atoms with van der Waals surface area (Å²) >= 11 is 0. The van der Waals surface area contributed by atoms with Crippen molar-refractivity contribution >= 4 is 10.8 Å². The van der Waals surface area contributed by atoms with Crippen LogP contribution in [0.1, 0.15) is 24.5 Å². The van der Waals surface area contributed by atoms with E-state index in [9.17, 15) is 4.79 Å². The molecule has 0 spiro atoms. The fourth-order valence-electron chi connectivity index (χ4n) is 2.91. The fourth-order valence-corrected chi connectivity index (χ4v) is 2.91. The van der Waals surface area contributed by atoms with Crippen molar-refractivity contribution in [2.24, 2.45) is 0 Å². The first-order chi connectivity index (χ1) is 9.79. The Morgan fingerprint density at radius 1 is 1.30 bits per heavy atom. The van der Waals surface area contributed by atoms with E-state index in [4.69, 9.17) is 5.26 Å². The molecule has 2 aromatic rings. The van der Waals surface area contributed by atoms with Gasteiger partial charge in [-0.05, 0) is 32.0 Å².